The third-order valence-electron chi connectivity index (χ3n) is 2.47. The number of ether oxygens (including phenoxy) is 2. The summed E-state index contributed by atoms with van der Waals surface area (Å²) in [5, 5.41) is 9.55. The van der Waals surface area contributed by atoms with E-state index in [1.165, 1.54) is 0 Å². The molecule has 0 heterocycles. The summed E-state index contributed by atoms with van der Waals surface area (Å²) in [6, 6.07) is 0. The van der Waals surface area contributed by atoms with Crippen molar-refractivity contribution in [2.24, 2.45) is 5.92 Å². The smallest absolute Gasteiger partial charge is 0.0875 e. The lowest BCUT2D eigenvalue weighted by atomic mass is 9.84. The second-order valence-corrected chi connectivity index (χ2v) is 3.31. The monoisotopic (exact) mass is 170 g/mol. The van der Waals surface area contributed by atoms with Gasteiger partial charge in [-0.1, -0.05) is 0 Å². The minimum atomic E-state index is -0.546. The highest BCUT2D eigenvalue weighted by molar-refractivity contribution is 6.12. The van der Waals surface area contributed by atoms with Gasteiger partial charge in [0.25, 0.3) is 0 Å². The highest BCUT2D eigenvalue weighted by atomic mass is 16.5. The van der Waals surface area contributed by atoms with Gasteiger partial charge in [0.1, 0.15) is 0 Å². The van der Waals surface area contributed by atoms with E-state index in [0.717, 1.165) is 6.42 Å². The molecule has 0 aromatic carbocycles. The van der Waals surface area contributed by atoms with Crippen LogP contribution in [0.1, 0.15) is 6.42 Å². The highest BCUT2D eigenvalue weighted by Crippen LogP contribution is 2.35. The van der Waals surface area contributed by atoms with Gasteiger partial charge in [-0.25, -0.2) is 0 Å². The third kappa shape index (κ3) is 1.81. The molecule has 0 amide bonds. The molecular weight excluding hydrogens is 155 g/mol. The van der Waals surface area contributed by atoms with Crippen molar-refractivity contribution in [2.45, 2.75) is 24.4 Å². The second-order valence-electron chi connectivity index (χ2n) is 3.31. The summed E-state index contributed by atoms with van der Waals surface area (Å²) in [4.78, 5) is 0. The molecule has 0 spiro atoms. The van der Waals surface area contributed by atoms with Crippen molar-refractivity contribution >= 4 is 7.85 Å². The maximum absolute atomic E-state index is 9.55. The van der Waals surface area contributed by atoms with Gasteiger partial charge in [0.2, 0.25) is 0 Å². The van der Waals surface area contributed by atoms with Crippen LogP contribution in [0.25, 0.3) is 0 Å². The highest BCUT2D eigenvalue weighted by Gasteiger charge is 2.39. The molecule has 4 heteroatoms. The van der Waals surface area contributed by atoms with E-state index in [1.807, 2.05) is 0 Å². The van der Waals surface area contributed by atoms with Crippen LogP contribution in [0.2, 0.25) is 5.82 Å². The second kappa shape index (κ2) is 4.26. The predicted octanol–water partition coefficient (Wildman–Crippen LogP) is -0.0144. The number of hydrogen-bond acceptors (Lipinski definition) is 3. The quantitative estimate of drug-likeness (QED) is 0.605. The normalized spacial score (nSPS) is 41.9. The van der Waals surface area contributed by atoms with Gasteiger partial charge in [0.05, 0.1) is 26.7 Å². The van der Waals surface area contributed by atoms with Gasteiger partial charge >= 0.3 is 0 Å². The van der Waals surface area contributed by atoms with Crippen molar-refractivity contribution in [1.29, 1.82) is 0 Å². The Kier molecular flexibility index (Phi) is 3.56. The first-order valence-electron chi connectivity index (χ1n) is 4.16. The van der Waals surface area contributed by atoms with Gasteiger partial charge in [-0.2, -0.15) is 0 Å². The summed E-state index contributed by atoms with van der Waals surface area (Å²) in [5.41, 5.74) is 0. The first-order chi connectivity index (χ1) is 5.70. The van der Waals surface area contributed by atoms with E-state index in [-0.39, 0.29) is 17.8 Å². The van der Waals surface area contributed by atoms with Gasteiger partial charge in [-0.05, 0) is 12.2 Å². The topological polar surface area (TPSA) is 38.7 Å². The van der Waals surface area contributed by atoms with Gasteiger partial charge in [-0.15, -0.1) is 0 Å². The summed E-state index contributed by atoms with van der Waals surface area (Å²) in [7, 11) is 8.91. The van der Waals surface area contributed by atoms with Crippen LogP contribution in [0.15, 0.2) is 0 Å². The van der Waals surface area contributed by atoms with E-state index in [4.69, 9.17) is 17.3 Å². The molecule has 1 fully saturated rings. The fraction of sp³-hybridized carbons (Fsp3) is 1.00. The fourth-order valence-corrected chi connectivity index (χ4v) is 1.85. The number of rotatable bonds is 3. The lowest BCUT2D eigenvalue weighted by Crippen LogP contribution is -2.30. The zero-order valence-electron chi connectivity index (χ0n) is 7.56. The largest absolute Gasteiger partial charge is 0.391 e. The van der Waals surface area contributed by atoms with Crippen molar-refractivity contribution < 1.29 is 14.6 Å². The van der Waals surface area contributed by atoms with Crippen LogP contribution >= 0.6 is 0 Å². The molecule has 2 radical (unpaired) electrons. The Morgan fingerprint density at radius 1 is 1.50 bits per heavy atom. The summed E-state index contributed by atoms with van der Waals surface area (Å²) in [5.74, 6) is 0.0556. The molecular formula is C8H15BO3. The van der Waals surface area contributed by atoms with Crippen molar-refractivity contribution in [1.82, 2.24) is 0 Å². The molecule has 0 bridgehead atoms. The van der Waals surface area contributed by atoms with Crippen molar-refractivity contribution in [2.75, 3.05) is 20.8 Å². The summed E-state index contributed by atoms with van der Waals surface area (Å²) in [6.07, 6.45) is 0.0585. The average molecular weight is 170 g/mol. The Hall–Kier alpha value is -0.0551. The van der Waals surface area contributed by atoms with Gasteiger partial charge in [-0.3, -0.25) is 0 Å². The Bertz CT molecular complexity index is 142. The van der Waals surface area contributed by atoms with Crippen molar-refractivity contribution in [3.05, 3.63) is 0 Å². The van der Waals surface area contributed by atoms with E-state index >= 15 is 0 Å². The van der Waals surface area contributed by atoms with Crippen LogP contribution in [0.4, 0.5) is 0 Å². The Labute approximate surface area is 74.5 Å². The number of hydrogen-bond donors (Lipinski definition) is 1. The van der Waals surface area contributed by atoms with Crippen LogP contribution in [-0.2, 0) is 9.47 Å². The van der Waals surface area contributed by atoms with E-state index in [0.29, 0.717) is 6.61 Å². The summed E-state index contributed by atoms with van der Waals surface area (Å²) >= 11 is 0. The van der Waals surface area contributed by atoms with E-state index in [2.05, 4.69) is 0 Å². The maximum Gasteiger partial charge on any atom is 0.0875 e. The molecule has 3 nitrogen and oxygen atoms in total. The lowest BCUT2D eigenvalue weighted by Gasteiger charge is -2.20. The fourth-order valence-electron chi connectivity index (χ4n) is 1.85. The first kappa shape index (κ1) is 10.0. The molecule has 12 heavy (non-hydrogen) atoms. The van der Waals surface area contributed by atoms with Gasteiger partial charge < -0.3 is 14.6 Å². The minimum absolute atomic E-state index is 0.167. The molecule has 0 aliphatic heterocycles. The minimum Gasteiger partial charge on any atom is -0.391 e. The maximum atomic E-state index is 9.55. The van der Waals surface area contributed by atoms with E-state index in [9.17, 15) is 5.11 Å². The number of aliphatic hydroxyl groups is 1. The van der Waals surface area contributed by atoms with Crippen LogP contribution in [0, 0.1) is 5.92 Å². The molecule has 1 unspecified atom stereocenters. The first-order valence-corrected chi connectivity index (χ1v) is 4.16. The molecule has 1 N–H and O–H groups in total. The van der Waals surface area contributed by atoms with Crippen molar-refractivity contribution in [3.63, 3.8) is 0 Å². The standard InChI is InChI=1S/C8H15BO3/c1-11-4-5-3-6(9)7(10)8(5)12-2/h5-8,10H,3-4H2,1-2H3/t5-,6+,7?,8-/m1/s1. The zero-order chi connectivity index (χ0) is 9.14. The predicted molar refractivity (Wildman–Crippen MR) is 46.3 cm³/mol. The molecule has 68 valence electrons. The molecule has 0 aromatic rings. The van der Waals surface area contributed by atoms with Crippen LogP contribution in [0.3, 0.4) is 0 Å². The van der Waals surface area contributed by atoms with Gasteiger partial charge in [0, 0.05) is 20.1 Å². The summed E-state index contributed by atoms with van der Waals surface area (Å²) < 4.78 is 10.2. The number of aliphatic hydroxyl groups excluding tert-OH is 1. The van der Waals surface area contributed by atoms with Crippen LogP contribution in [0.5, 0.6) is 0 Å². The van der Waals surface area contributed by atoms with E-state index in [1.54, 1.807) is 14.2 Å². The SMILES string of the molecule is [B][C@H]1C[C@H](COC)[C@@H](OC)C1O. The average Bonchev–Trinajstić information content (AvgIpc) is 2.29. The molecule has 1 aliphatic carbocycles. The van der Waals surface area contributed by atoms with Gasteiger partial charge in [0.15, 0.2) is 0 Å². The number of methoxy groups -OCH3 is 2. The lowest BCUT2D eigenvalue weighted by molar-refractivity contribution is -0.0288. The molecule has 4 atom stereocenters. The molecule has 1 rings (SSSR count). The molecule has 0 saturated heterocycles. The van der Waals surface area contributed by atoms with Crippen LogP contribution < -0.4 is 0 Å². The Morgan fingerprint density at radius 3 is 2.67 bits per heavy atom. The summed E-state index contributed by atoms with van der Waals surface area (Å²) in [6.45, 7) is 0.600. The molecule has 1 aliphatic rings. The Morgan fingerprint density at radius 2 is 2.17 bits per heavy atom. The molecule has 1 saturated carbocycles. The Balaban J connectivity index is 2.52. The van der Waals surface area contributed by atoms with Crippen molar-refractivity contribution in [3.8, 4) is 0 Å². The van der Waals surface area contributed by atoms with E-state index < -0.39 is 6.10 Å². The van der Waals surface area contributed by atoms with Crippen LogP contribution in [-0.4, -0.2) is 46.0 Å². The zero-order valence-corrected chi connectivity index (χ0v) is 7.56. The third-order valence-corrected chi connectivity index (χ3v) is 2.47. The molecule has 0 aromatic heterocycles.